The molecule has 2 aromatic heterocycles. The van der Waals surface area contributed by atoms with Gasteiger partial charge in [0.25, 0.3) is 0 Å². The maximum atomic E-state index is 7.38. The fourth-order valence-corrected chi connectivity index (χ4v) is 2.49. The lowest BCUT2D eigenvalue weighted by Gasteiger charge is -2.00. The summed E-state index contributed by atoms with van der Waals surface area (Å²) in [5, 5.41) is 8.91. The number of fused-ring (bicyclic) bond motifs is 1. The van der Waals surface area contributed by atoms with E-state index in [4.69, 9.17) is 11.1 Å². The number of benzene rings is 1. The maximum absolute atomic E-state index is 7.38. The minimum Gasteiger partial charge on any atom is -0.382 e. The van der Waals surface area contributed by atoms with Crippen LogP contribution in [0.1, 0.15) is 5.69 Å². The standard InChI is InChI=1S/C13H11N5S/c14-12(15)10-6-3-7-11(16-10)19-13-17-8-4-1-2-5-9(8)18-13/h1-7H,(H3,14,15)(H,17,18). The van der Waals surface area contributed by atoms with Crippen molar-refractivity contribution in [3.05, 3.63) is 48.2 Å². The van der Waals surface area contributed by atoms with Gasteiger partial charge in [0, 0.05) is 0 Å². The molecule has 0 saturated heterocycles. The number of hydrogen-bond acceptors (Lipinski definition) is 4. The van der Waals surface area contributed by atoms with Crippen molar-refractivity contribution >= 4 is 28.6 Å². The largest absolute Gasteiger partial charge is 0.382 e. The molecule has 1 aromatic carbocycles. The average molecular weight is 269 g/mol. The van der Waals surface area contributed by atoms with E-state index in [1.807, 2.05) is 36.4 Å². The molecule has 5 nitrogen and oxygen atoms in total. The summed E-state index contributed by atoms with van der Waals surface area (Å²) in [6.45, 7) is 0. The van der Waals surface area contributed by atoms with Gasteiger partial charge in [-0.25, -0.2) is 9.97 Å². The number of nitrogen functional groups attached to an aromatic ring is 1. The summed E-state index contributed by atoms with van der Waals surface area (Å²) in [5.41, 5.74) is 7.82. The van der Waals surface area contributed by atoms with E-state index in [1.54, 1.807) is 6.07 Å². The molecule has 0 unspecified atom stereocenters. The minimum absolute atomic E-state index is 0.0351. The first kappa shape index (κ1) is 11.7. The third kappa shape index (κ3) is 2.43. The second-order valence-electron chi connectivity index (χ2n) is 3.94. The van der Waals surface area contributed by atoms with E-state index in [1.165, 1.54) is 11.8 Å². The first-order valence-corrected chi connectivity index (χ1v) is 6.48. The summed E-state index contributed by atoms with van der Waals surface area (Å²) < 4.78 is 0. The Morgan fingerprint density at radius 2 is 1.95 bits per heavy atom. The summed E-state index contributed by atoms with van der Waals surface area (Å²) in [6, 6.07) is 13.3. The van der Waals surface area contributed by atoms with Crippen LogP contribution in [0.5, 0.6) is 0 Å². The highest BCUT2D eigenvalue weighted by Crippen LogP contribution is 2.25. The van der Waals surface area contributed by atoms with E-state index in [0.29, 0.717) is 5.69 Å². The van der Waals surface area contributed by atoms with Gasteiger partial charge in [-0.3, -0.25) is 5.41 Å². The number of rotatable bonds is 3. The number of nitrogens with one attached hydrogen (secondary N) is 2. The molecule has 3 rings (SSSR count). The van der Waals surface area contributed by atoms with Crippen LogP contribution in [0.25, 0.3) is 11.0 Å². The lowest BCUT2D eigenvalue weighted by Crippen LogP contribution is -2.12. The highest BCUT2D eigenvalue weighted by atomic mass is 32.2. The molecule has 0 radical (unpaired) electrons. The lowest BCUT2D eigenvalue weighted by atomic mass is 10.3. The topological polar surface area (TPSA) is 91.4 Å². The zero-order chi connectivity index (χ0) is 13.2. The summed E-state index contributed by atoms with van der Waals surface area (Å²) >= 11 is 1.41. The summed E-state index contributed by atoms with van der Waals surface area (Å²) in [4.78, 5) is 12.0. The van der Waals surface area contributed by atoms with E-state index in [2.05, 4.69) is 15.0 Å². The Morgan fingerprint density at radius 1 is 1.11 bits per heavy atom. The number of imidazole rings is 1. The number of nitrogens with zero attached hydrogens (tertiary/aromatic N) is 2. The van der Waals surface area contributed by atoms with Crippen molar-refractivity contribution in [2.75, 3.05) is 0 Å². The van der Waals surface area contributed by atoms with Gasteiger partial charge in [0.05, 0.1) is 11.0 Å². The molecule has 2 heterocycles. The predicted molar refractivity (Wildman–Crippen MR) is 75.5 cm³/mol. The summed E-state index contributed by atoms with van der Waals surface area (Å²) in [6.07, 6.45) is 0. The van der Waals surface area contributed by atoms with Crippen LogP contribution in [-0.4, -0.2) is 20.8 Å². The van der Waals surface area contributed by atoms with Gasteiger partial charge in [-0.2, -0.15) is 0 Å². The number of aromatic amines is 1. The first-order chi connectivity index (χ1) is 9.22. The number of para-hydroxylation sites is 2. The number of aromatic nitrogens is 3. The van der Waals surface area contributed by atoms with E-state index >= 15 is 0 Å². The molecule has 94 valence electrons. The van der Waals surface area contributed by atoms with Gasteiger partial charge in [0.15, 0.2) is 5.16 Å². The zero-order valence-electron chi connectivity index (χ0n) is 9.92. The van der Waals surface area contributed by atoms with Crippen LogP contribution in [-0.2, 0) is 0 Å². The van der Waals surface area contributed by atoms with E-state index in [0.717, 1.165) is 21.2 Å². The Hall–Kier alpha value is -2.34. The Labute approximate surface area is 113 Å². The molecule has 0 fully saturated rings. The molecular weight excluding hydrogens is 258 g/mol. The molecule has 0 aliphatic rings. The normalized spacial score (nSPS) is 10.7. The highest BCUT2D eigenvalue weighted by Gasteiger charge is 2.06. The van der Waals surface area contributed by atoms with Crippen molar-refractivity contribution in [3.8, 4) is 0 Å². The first-order valence-electron chi connectivity index (χ1n) is 5.66. The quantitative estimate of drug-likeness (QED) is 0.503. The molecule has 0 bridgehead atoms. The van der Waals surface area contributed by atoms with Crippen LogP contribution in [0.15, 0.2) is 52.6 Å². The SMILES string of the molecule is N=C(N)c1cccc(Sc2nc3ccccc3[nH]2)n1. The monoisotopic (exact) mass is 269 g/mol. The van der Waals surface area contributed by atoms with Crippen molar-refractivity contribution in [1.82, 2.24) is 15.0 Å². The number of pyridine rings is 1. The molecule has 0 spiro atoms. The van der Waals surface area contributed by atoms with Crippen molar-refractivity contribution in [3.63, 3.8) is 0 Å². The molecule has 3 aromatic rings. The summed E-state index contributed by atoms with van der Waals surface area (Å²) in [5.74, 6) is -0.0351. The van der Waals surface area contributed by atoms with Crippen LogP contribution in [0, 0.1) is 5.41 Å². The van der Waals surface area contributed by atoms with Crippen molar-refractivity contribution in [2.45, 2.75) is 10.2 Å². The minimum atomic E-state index is -0.0351. The molecular formula is C13H11N5S. The van der Waals surface area contributed by atoms with Crippen molar-refractivity contribution in [2.24, 2.45) is 5.73 Å². The third-order valence-electron chi connectivity index (χ3n) is 2.57. The Bertz CT molecular complexity index is 716. The molecule has 0 amide bonds. The van der Waals surface area contributed by atoms with E-state index in [-0.39, 0.29) is 5.84 Å². The van der Waals surface area contributed by atoms with Gasteiger partial charge in [-0.1, -0.05) is 18.2 Å². The summed E-state index contributed by atoms with van der Waals surface area (Å²) in [7, 11) is 0. The van der Waals surface area contributed by atoms with Gasteiger partial charge in [0.1, 0.15) is 16.6 Å². The van der Waals surface area contributed by atoms with Crippen molar-refractivity contribution in [1.29, 1.82) is 5.41 Å². The molecule has 0 atom stereocenters. The van der Waals surface area contributed by atoms with Gasteiger partial charge in [0.2, 0.25) is 0 Å². The van der Waals surface area contributed by atoms with Crippen LogP contribution >= 0.6 is 11.8 Å². The second kappa shape index (κ2) is 4.74. The number of hydrogen-bond donors (Lipinski definition) is 3. The lowest BCUT2D eigenvalue weighted by molar-refractivity contribution is 1.05. The van der Waals surface area contributed by atoms with E-state index < -0.39 is 0 Å². The van der Waals surface area contributed by atoms with Gasteiger partial charge in [-0.15, -0.1) is 0 Å². The fourth-order valence-electron chi connectivity index (χ4n) is 1.70. The number of amidine groups is 1. The molecule has 6 heteroatoms. The Morgan fingerprint density at radius 3 is 2.74 bits per heavy atom. The van der Waals surface area contributed by atoms with Crippen LogP contribution in [0.3, 0.4) is 0 Å². The Kier molecular flexibility index (Phi) is 2.92. The number of H-pyrrole nitrogens is 1. The molecule has 19 heavy (non-hydrogen) atoms. The van der Waals surface area contributed by atoms with Gasteiger partial charge < -0.3 is 10.7 Å². The Balaban J connectivity index is 1.92. The van der Waals surface area contributed by atoms with E-state index in [9.17, 15) is 0 Å². The highest BCUT2D eigenvalue weighted by molar-refractivity contribution is 7.99. The predicted octanol–water partition coefficient (Wildman–Crippen LogP) is 2.39. The van der Waals surface area contributed by atoms with Gasteiger partial charge >= 0.3 is 0 Å². The number of nitrogens with two attached hydrogens (primary N) is 1. The fraction of sp³-hybridized carbons (Fsp3) is 0. The van der Waals surface area contributed by atoms with Crippen LogP contribution in [0.4, 0.5) is 0 Å². The van der Waals surface area contributed by atoms with Gasteiger partial charge in [-0.05, 0) is 36.0 Å². The second-order valence-corrected chi connectivity index (χ2v) is 4.95. The van der Waals surface area contributed by atoms with Crippen LogP contribution < -0.4 is 5.73 Å². The molecule has 4 N–H and O–H groups in total. The van der Waals surface area contributed by atoms with Crippen LogP contribution in [0.2, 0.25) is 0 Å². The molecule has 0 saturated carbocycles. The maximum Gasteiger partial charge on any atom is 0.172 e. The third-order valence-corrected chi connectivity index (χ3v) is 3.39. The van der Waals surface area contributed by atoms with Crippen molar-refractivity contribution < 1.29 is 0 Å². The average Bonchev–Trinajstić information content (AvgIpc) is 2.81. The smallest absolute Gasteiger partial charge is 0.172 e. The molecule has 0 aliphatic carbocycles. The molecule has 0 aliphatic heterocycles. The zero-order valence-corrected chi connectivity index (χ0v) is 10.7.